The molecule has 32 heavy (non-hydrogen) atoms. The highest BCUT2D eigenvalue weighted by atomic mass is 16.5. The number of benzene rings is 1. The van der Waals surface area contributed by atoms with E-state index in [1.165, 1.54) is 0 Å². The van der Waals surface area contributed by atoms with E-state index >= 15 is 0 Å². The fraction of sp³-hybridized carbons (Fsp3) is 0.542. The van der Waals surface area contributed by atoms with Gasteiger partial charge < -0.3 is 24.5 Å². The van der Waals surface area contributed by atoms with Crippen LogP contribution >= 0.6 is 0 Å². The van der Waals surface area contributed by atoms with Crippen LogP contribution in [0.25, 0.3) is 10.9 Å². The quantitative estimate of drug-likeness (QED) is 0.702. The van der Waals surface area contributed by atoms with Crippen molar-refractivity contribution < 1.29 is 24.2 Å². The lowest BCUT2D eigenvalue weighted by Crippen LogP contribution is -2.55. The van der Waals surface area contributed by atoms with E-state index in [1.807, 2.05) is 0 Å². The van der Waals surface area contributed by atoms with Crippen molar-refractivity contribution in [1.29, 1.82) is 0 Å². The third-order valence-electron chi connectivity index (χ3n) is 6.63. The maximum absolute atomic E-state index is 13.5. The van der Waals surface area contributed by atoms with Crippen LogP contribution in [0.15, 0.2) is 23.0 Å². The van der Waals surface area contributed by atoms with Gasteiger partial charge in [0.05, 0.1) is 19.2 Å². The summed E-state index contributed by atoms with van der Waals surface area (Å²) in [6.07, 6.45) is 6.61. The fourth-order valence-electron chi connectivity index (χ4n) is 4.84. The SMILES string of the molecule is COc1ccc2cc(C(=O)NC3(C(=O)O)CCCCCC3)c(=O)n3c2c1OCCCCC3. The third kappa shape index (κ3) is 4.06. The molecule has 0 saturated heterocycles. The number of nitrogens with zero attached hydrogens (tertiary/aromatic N) is 1. The molecule has 1 aromatic heterocycles. The van der Waals surface area contributed by atoms with Gasteiger partial charge in [0.2, 0.25) is 0 Å². The number of carbonyl (C=O) groups excluding carboxylic acids is 1. The molecule has 0 spiro atoms. The largest absolute Gasteiger partial charge is 0.493 e. The number of hydrogen-bond donors (Lipinski definition) is 2. The van der Waals surface area contributed by atoms with Gasteiger partial charge in [-0.25, -0.2) is 4.79 Å². The summed E-state index contributed by atoms with van der Waals surface area (Å²) < 4.78 is 13.0. The second-order valence-corrected chi connectivity index (χ2v) is 8.71. The number of methoxy groups -OCH3 is 1. The molecule has 0 bridgehead atoms. The van der Waals surface area contributed by atoms with E-state index < -0.39 is 23.0 Å². The van der Waals surface area contributed by atoms with Crippen molar-refractivity contribution in [3.8, 4) is 11.5 Å². The van der Waals surface area contributed by atoms with E-state index in [4.69, 9.17) is 9.47 Å². The number of amides is 1. The smallest absolute Gasteiger partial charge is 0.329 e. The van der Waals surface area contributed by atoms with Crippen molar-refractivity contribution in [1.82, 2.24) is 9.88 Å². The molecule has 172 valence electrons. The Labute approximate surface area is 186 Å². The molecule has 4 rings (SSSR count). The Bertz CT molecular complexity index is 1080. The number of pyridine rings is 1. The summed E-state index contributed by atoms with van der Waals surface area (Å²) in [6, 6.07) is 5.10. The number of aryl methyl sites for hydroxylation is 1. The van der Waals surface area contributed by atoms with Crippen LogP contribution in [0.1, 0.15) is 68.1 Å². The molecule has 2 N–H and O–H groups in total. The molecular formula is C24H30N2O6. The van der Waals surface area contributed by atoms with E-state index in [9.17, 15) is 19.5 Å². The van der Waals surface area contributed by atoms with Crippen LogP contribution in [-0.2, 0) is 11.3 Å². The Kier molecular flexibility index (Phi) is 6.39. The minimum atomic E-state index is -1.34. The second kappa shape index (κ2) is 9.22. The van der Waals surface area contributed by atoms with Gasteiger partial charge in [-0.1, -0.05) is 25.7 Å². The van der Waals surface area contributed by atoms with Crippen LogP contribution in [0.4, 0.5) is 0 Å². The lowest BCUT2D eigenvalue weighted by molar-refractivity contribution is -0.145. The zero-order valence-electron chi connectivity index (χ0n) is 18.4. The van der Waals surface area contributed by atoms with E-state index in [0.717, 1.165) is 44.9 Å². The van der Waals surface area contributed by atoms with Gasteiger partial charge in [0.15, 0.2) is 11.5 Å². The number of aliphatic carboxylic acids is 1. The highest BCUT2D eigenvalue weighted by molar-refractivity contribution is 6.01. The number of carboxylic acid groups (broad SMARTS) is 1. The molecule has 0 radical (unpaired) electrons. The Balaban J connectivity index is 1.82. The molecule has 2 aliphatic rings. The van der Waals surface area contributed by atoms with Crippen LogP contribution < -0.4 is 20.3 Å². The normalized spacial score (nSPS) is 18.4. The molecule has 0 atom stereocenters. The standard InChI is InChI=1S/C24H30N2O6/c1-31-18-10-9-16-15-17(21(27)25-24(23(29)30)11-5-2-3-6-12-24)22(28)26-13-7-4-8-14-32-20(18)19(16)26/h9-10,15H,2-8,11-14H2,1H3,(H,25,27)(H,29,30). The first kappa shape index (κ1) is 22.2. The zero-order valence-corrected chi connectivity index (χ0v) is 18.4. The summed E-state index contributed by atoms with van der Waals surface area (Å²) in [5.74, 6) is -0.641. The van der Waals surface area contributed by atoms with Crippen molar-refractivity contribution in [3.63, 3.8) is 0 Å². The highest BCUT2D eigenvalue weighted by Gasteiger charge is 2.40. The molecule has 1 fully saturated rings. The zero-order chi connectivity index (χ0) is 22.7. The number of carbonyl (C=O) groups is 2. The van der Waals surface area contributed by atoms with E-state index in [1.54, 1.807) is 29.9 Å². The van der Waals surface area contributed by atoms with Gasteiger partial charge >= 0.3 is 5.97 Å². The van der Waals surface area contributed by atoms with Crippen molar-refractivity contribution >= 4 is 22.8 Å². The average Bonchev–Trinajstić information content (AvgIpc) is 2.96. The number of rotatable bonds is 4. The van der Waals surface area contributed by atoms with Crippen LogP contribution in [-0.4, -0.2) is 40.8 Å². The van der Waals surface area contributed by atoms with Gasteiger partial charge in [-0.15, -0.1) is 0 Å². The Morgan fingerprint density at radius 3 is 2.50 bits per heavy atom. The molecule has 1 aliphatic heterocycles. The predicted octanol–water partition coefficient (Wildman–Crippen LogP) is 3.48. The summed E-state index contributed by atoms with van der Waals surface area (Å²) in [7, 11) is 1.55. The third-order valence-corrected chi connectivity index (χ3v) is 6.63. The topological polar surface area (TPSA) is 107 Å². The van der Waals surface area contributed by atoms with Gasteiger partial charge in [0, 0.05) is 11.9 Å². The first-order chi connectivity index (χ1) is 15.5. The van der Waals surface area contributed by atoms with Crippen LogP contribution in [0, 0.1) is 0 Å². The first-order valence-corrected chi connectivity index (χ1v) is 11.4. The molecule has 8 heteroatoms. The van der Waals surface area contributed by atoms with Gasteiger partial charge in [-0.3, -0.25) is 9.59 Å². The molecule has 1 saturated carbocycles. The minimum Gasteiger partial charge on any atom is -0.493 e. The summed E-state index contributed by atoms with van der Waals surface area (Å²) in [5.41, 5.74) is -1.21. The summed E-state index contributed by atoms with van der Waals surface area (Å²) >= 11 is 0. The first-order valence-electron chi connectivity index (χ1n) is 11.4. The Morgan fingerprint density at radius 1 is 1.09 bits per heavy atom. The molecular weight excluding hydrogens is 412 g/mol. The monoisotopic (exact) mass is 442 g/mol. The summed E-state index contributed by atoms with van der Waals surface area (Å²) in [5, 5.41) is 13.3. The number of ether oxygens (including phenoxy) is 2. The van der Waals surface area contributed by atoms with Gasteiger partial charge in [-0.2, -0.15) is 0 Å². The molecule has 2 aromatic rings. The summed E-state index contributed by atoms with van der Waals surface area (Å²) in [6.45, 7) is 0.969. The number of nitrogens with one attached hydrogen (secondary N) is 1. The maximum Gasteiger partial charge on any atom is 0.329 e. The molecule has 1 amide bonds. The van der Waals surface area contributed by atoms with E-state index in [2.05, 4.69) is 5.32 Å². The lowest BCUT2D eigenvalue weighted by atomic mass is 9.90. The average molecular weight is 443 g/mol. The second-order valence-electron chi connectivity index (χ2n) is 8.71. The molecule has 0 unspecified atom stereocenters. The van der Waals surface area contributed by atoms with Crippen LogP contribution in [0.2, 0.25) is 0 Å². The lowest BCUT2D eigenvalue weighted by Gasteiger charge is -2.29. The fourth-order valence-corrected chi connectivity index (χ4v) is 4.84. The molecule has 1 aromatic carbocycles. The summed E-state index contributed by atoms with van der Waals surface area (Å²) in [4.78, 5) is 38.9. The van der Waals surface area contributed by atoms with E-state index in [-0.39, 0.29) is 5.56 Å². The van der Waals surface area contributed by atoms with Gasteiger partial charge in [0.1, 0.15) is 11.1 Å². The van der Waals surface area contributed by atoms with Crippen molar-refractivity contribution in [3.05, 3.63) is 34.1 Å². The Morgan fingerprint density at radius 2 is 1.81 bits per heavy atom. The van der Waals surface area contributed by atoms with Crippen molar-refractivity contribution in [2.75, 3.05) is 13.7 Å². The number of aromatic nitrogens is 1. The van der Waals surface area contributed by atoms with Crippen molar-refractivity contribution in [2.24, 2.45) is 0 Å². The molecule has 1 aliphatic carbocycles. The van der Waals surface area contributed by atoms with Gasteiger partial charge in [-0.05, 0) is 50.3 Å². The molecule has 8 nitrogen and oxygen atoms in total. The number of carboxylic acids is 1. The van der Waals surface area contributed by atoms with E-state index in [0.29, 0.717) is 48.4 Å². The van der Waals surface area contributed by atoms with Crippen molar-refractivity contribution in [2.45, 2.75) is 69.9 Å². The number of hydrogen-bond acceptors (Lipinski definition) is 5. The van der Waals surface area contributed by atoms with Crippen LogP contribution in [0.5, 0.6) is 11.5 Å². The predicted molar refractivity (Wildman–Crippen MR) is 120 cm³/mol. The van der Waals surface area contributed by atoms with Gasteiger partial charge in [0.25, 0.3) is 11.5 Å². The maximum atomic E-state index is 13.5. The molecule has 2 heterocycles. The highest BCUT2D eigenvalue weighted by Crippen LogP contribution is 2.36. The van der Waals surface area contributed by atoms with Crippen LogP contribution in [0.3, 0.4) is 0 Å². The Hall–Kier alpha value is -3.03. The minimum absolute atomic E-state index is 0.0438.